The summed E-state index contributed by atoms with van der Waals surface area (Å²) in [6.07, 6.45) is 2.22. The number of carbonyl (C=O) groups is 1. The molecule has 0 bridgehead atoms. The first-order chi connectivity index (χ1) is 10.2. The molecule has 6 heteroatoms. The molecular formula is C15H13N3O3. The molecule has 2 heterocycles. The van der Waals surface area contributed by atoms with Gasteiger partial charge in [0.25, 0.3) is 0 Å². The van der Waals surface area contributed by atoms with Crippen LogP contribution in [0.4, 0.5) is 0 Å². The summed E-state index contributed by atoms with van der Waals surface area (Å²) in [6, 6.07) is 8.79. The molecule has 0 fully saturated rings. The Balaban J connectivity index is 2.05. The molecule has 0 N–H and O–H groups in total. The highest BCUT2D eigenvalue weighted by Gasteiger charge is 2.32. The van der Waals surface area contributed by atoms with Gasteiger partial charge in [0.2, 0.25) is 0 Å². The maximum Gasteiger partial charge on any atom is 0.356 e. The van der Waals surface area contributed by atoms with Crippen molar-refractivity contribution in [2.45, 2.75) is 25.8 Å². The molecule has 21 heavy (non-hydrogen) atoms. The van der Waals surface area contributed by atoms with E-state index in [1.807, 2.05) is 6.07 Å². The summed E-state index contributed by atoms with van der Waals surface area (Å²) in [5.41, 5.74) is 1.07. The monoisotopic (exact) mass is 283 g/mol. The van der Waals surface area contributed by atoms with Crippen LogP contribution >= 0.6 is 0 Å². The number of para-hydroxylation sites is 1. The molecule has 1 aromatic heterocycles. The highest BCUT2D eigenvalue weighted by Crippen LogP contribution is 2.31. The summed E-state index contributed by atoms with van der Waals surface area (Å²) in [5, 5.41) is 0. The Hall–Kier alpha value is -2.63. The third kappa shape index (κ3) is 1.55. The van der Waals surface area contributed by atoms with Gasteiger partial charge < -0.3 is 0 Å². The fourth-order valence-electron chi connectivity index (χ4n) is 3.17. The number of rotatable bonds is 1. The predicted molar refractivity (Wildman–Crippen MR) is 76.4 cm³/mol. The molecule has 106 valence electrons. The van der Waals surface area contributed by atoms with Gasteiger partial charge in [-0.15, -0.1) is 0 Å². The van der Waals surface area contributed by atoms with Crippen LogP contribution in [0.25, 0.3) is 11.4 Å². The van der Waals surface area contributed by atoms with E-state index in [9.17, 15) is 14.4 Å². The minimum atomic E-state index is -0.460. The van der Waals surface area contributed by atoms with Crippen LogP contribution < -0.4 is 11.4 Å². The van der Waals surface area contributed by atoms with E-state index in [4.69, 9.17) is 0 Å². The van der Waals surface area contributed by atoms with E-state index < -0.39 is 11.4 Å². The quantitative estimate of drug-likeness (QED) is 0.776. The predicted octanol–water partition coefficient (Wildman–Crippen LogP) is 0.778. The molecule has 0 saturated carbocycles. The molecule has 0 saturated heterocycles. The molecule has 2 aromatic rings. The fraction of sp³-hybridized carbons (Fsp3) is 0.267. The number of ketones is 1. The second-order valence-electron chi connectivity index (χ2n) is 5.31. The van der Waals surface area contributed by atoms with Crippen LogP contribution in [0.5, 0.6) is 0 Å². The number of hydrogen-bond acceptors (Lipinski definition) is 3. The van der Waals surface area contributed by atoms with E-state index >= 15 is 0 Å². The van der Waals surface area contributed by atoms with Crippen molar-refractivity contribution in [2.24, 2.45) is 0 Å². The Bertz CT molecular complexity index is 896. The second-order valence-corrected chi connectivity index (χ2v) is 5.31. The van der Waals surface area contributed by atoms with E-state index in [2.05, 4.69) is 0 Å². The van der Waals surface area contributed by atoms with Crippen molar-refractivity contribution < 1.29 is 4.79 Å². The zero-order valence-electron chi connectivity index (χ0n) is 11.3. The van der Waals surface area contributed by atoms with Crippen LogP contribution in [-0.4, -0.2) is 19.7 Å². The van der Waals surface area contributed by atoms with Crippen molar-refractivity contribution in [3.8, 4) is 5.69 Å². The number of carbonyl (C=O) groups excluding carboxylic acids is 1. The van der Waals surface area contributed by atoms with Gasteiger partial charge in [0, 0.05) is 5.57 Å². The van der Waals surface area contributed by atoms with Crippen molar-refractivity contribution in [3.63, 3.8) is 0 Å². The number of aromatic nitrogens is 3. The molecule has 0 atom stereocenters. The Morgan fingerprint density at radius 1 is 0.905 bits per heavy atom. The van der Waals surface area contributed by atoms with E-state index in [1.165, 1.54) is 9.36 Å². The molecule has 1 aliphatic carbocycles. The van der Waals surface area contributed by atoms with Crippen LogP contribution in [0.2, 0.25) is 0 Å². The Morgan fingerprint density at radius 3 is 2.43 bits per heavy atom. The van der Waals surface area contributed by atoms with Crippen LogP contribution in [0.15, 0.2) is 45.5 Å². The molecule has 0 radical (unpaired) electrons. The van der Waals surface area contributed by atoms with Gasteiger partial charge in [0.15, 0.2) is 5.78 Å². The van der Waals surface area contributed by atoms with E-state index in [-0.39, 0.29) is 12.3 Å². The van der Waals surface area contributed by atoms with Gasteiger partial charge in [-0.3, -0.25) is 4.79 Å². The minimum Gasteiger partial charge on any atom is -0.292 e. The Kier molecular flexibility index (Phi) is 2.42. The number of nitrogens with zero attached hydrogens (tertiary/aromatic N) is 3. The van der Waals surface area contributed by atoms with Crippen LogP contribution in [0.1, 0.15) is 19.3 Å². The van der Waals surface area contributed by atoms with Crippen molar-refractivity contribution in [1.82, 2.24) is 13.9 Å². The second kappa shape index (κ2) is 4.18. The van der Waals surface area contributed by atoms with E-state index in [0.29, 0.717) is 29.8 Å². The zero-order chi connectivity index (χ0) is 14.6. The molecular weight excluding hydrogens is 270 g/mol. The standard InChI is InChI=1S/C15H13N3O3/c19-13-9-16-14(20)17(10-5-2-1-3-6-10)15(21)18(16)12-8-4-7-11(12)13/h1-3,5-6H,4,7-9H2. The molecule has 0 unspecified atom stereocenters. The normalized spacial score (nSPS) is 17.0. The molecule has 4 rings (SSSR count). The highest BCUT2D eigenvalue weighted by atomic mass is 16.2. The van der Waals surface area contributed by atoms with Gasteiger partial charge in [0.05, 0.1) is 11.4 Å². The van der Waals surface area contributed by atoms with Crippen LogP contribution in [0.3, 0.4) is 0 Å². The largest absolute Gasteiger partial charge is 0.356 e. The molecule has 0 amide bonds. The molecule has 2 aliphatic rings. The summed E-state index contributed by atoms with van der Waals surface area (Å²) in [4.78, 5) is 37.2. The Morgan fingerprint density at radius 2 is 1.67 bits per heavy atom. The molecule has 0 spiro atoms. The lowest BCUT2D eigenvalue weighted by molar-refractivity contribution is -0.116. The highest BCUT2D eigenvalue weighted by molar-refractivity contribution is 6.01. The van der Waals surface area contributed by atoms with Gasteiger partial charge in [-0.05, 0) is 31.4 Å². The summed E-state index contributed by atoms with van der Waals surface area (Å²) < 4.78 is 3.77. The van der Waals surface area contributed by atoms with Gasteiger partial charge in [-0.2, -0.15) is 0 Å². The average Bonchev–Trinajstić information content (AvgIpc) is 3.05. The maximum absolute atomic E-state index is 12.6. The SMILES string of the molecule is O=C1Cn2c(=O)n(-c3ccccc3)c(=O)n2C2=C1CCC2. The average molecular weight is 283 g/mol. The van der Waals surface area contributed by atoms with Crippen molar-refractivity contribution >= 4 is 11.5 Å². The summed E-state index contributed by atoms with van der Waals surface area (Å²) in [6.45, 7) is -0.0489. The number of benzene rings is 1. The van der Waals surface area contributed by atoms with Crippen LogP contribution in [0, 0.1) is 0 Å². The number of Topliss-reactive ketones (excluding diaryl/α,β-unsaturated/α-hetero) is 1. The lowest BCUT2D eigenvalue weighted by Gasteiger charge is -2.16. The summed E-state index contributed by atoms with van der Waals surface area (Å²) in [5.74, 6) is -0.0465. The number of fused-ring (bicyclic) bond motifs is 2. The summed E-state index contributed by atoms with van der Waals surface area (Å²) >= 11 is 0. The molecule has 1 aliphatic heterocycles. The number of hydrogen-bond donors (Lipinski definition) is 0. The summed E-state index contributed by atoms with van der Waals surface area (Å²) in [7, 11) is 0. The Labute approximate surface area is 119 Å². The topological polar surface area (TPSA) is 66.0 Å². The van der Waals surface area contributed by atoms with Gasteiger partial charge >= 0.3 is 11.4 Å². The van der Waals surface area contributed by atoms with Crippen LogP contribution in [-0.2, 0) is 11.3 Å². The molecule has 6 nitrogen and oxygen atoms in total. The first kappa shape index (κ1) is 12.1. The zero-order valence-corrected chi connectivity index (χ0v) is 11.3. The fourth-order valence-corrected chi connectivity index (χ4v) is 3.17. The first-order valence-electron chi connectivity index (χ1n) is 6.94. The van der Waals surface area contributed by atoms with Crippen molar-refractivity contribution in [2.75, 3.05) is 0 Å². The van der Waals surface area contributed by atoms with Gasteiger partial charge in [-0.1, -0.05) is 18.2 Å². The van der Waals surface area contributed by atoms with Gasteiger partial charge in [0.1, 0.15) is 6.54 Å². The third-order valence-electron chi connectivity index (χ3n) is 4.11. The smallest absolute Gasteiger partial charge is 0.292 e. The lowest BCUT2D eigenvalue weighted by atomic mass is 10.1. The first-order valence-corrected chi connectivity index (χ1v) is 6.94. The third-order valence-corrected chi connectivity index (χ3v) is 4.11. The van der Waals surface area contributed by atoms with E-state index in [1.54, 1.807) is 24.3 Å². The minimum absolute atomic E-state index is 0.0465. The van der Waals surface area contributed by atoms with Crippen molar-refractivity contribution in [1.29, 1.82) is 0 Å². The maximum atomic E-state index is 12.6. The lowest BCUT2D eigenvalue weighted by Crippen LogP contribution is -2.34. The number of allylic oxidation sites excluding steroid dienone is 2. The van der Waals surface area contributed by atoms with Gasteiger partial charge in [-0.25, -0.2) is 23.5 Å². The van der Waals surface area contributed by atoms with E-state index in [0.717, 1.165) is 11.0 Å². The molecule has 1 aromatic carbocycles. The van der Waals surface area contributed by atoms with Crippen molar-refractivity contribution in [3.05, 3.63) is 56.9 Å².